The quantitative estimate of drug-likeness (QED) is 0.350. The fourth-order valence-corrected chi connectivity index (χ4v) is 4.93. The highest BCUT2D eigenvalue weighted by Crippen LogP contribution is 2.36. The molecular formula is C25H23BrN2O2S. The first kappa shape index (κ1) is 21.7. The van der Waals surface area contributed by atoms with Gasteiger partial charge in [-0.3, -0.25) is 9.69 Å². The Balaban J connectivity index is 1.64. The summed E-state index contributed by atoms with van der Waals surface area (Å²) in [7, 11) is 0. The van der Waals surface area contributed by atoms with Gasteiger partial charge >= 0.3 is 0 Å². The van der Waals surface area contributed by atoms with Crippen LogP contribution < -0.4 is 0 Å². The number of hydrogen-bond donors (Lipinski definition) is 0. The number of amides is 1. The molecule has 6 heteroatoms. The maximum absolute atomic E-state index is 13.1. The molecule has 0 N–H and O–H groups in total. The number of furan rings is 1. The van der Waals surface area contributed by atoms with Gasteiger partial charge in [0.05, 0.1) is 10.6 Å². The SMILES string of the molecule is Cc1ccc(-c2ccc(/C=C3/SC(=Nc4ccccc4)N(CC(C)C)C3=O)o2)c(Br)c1. The van der Waals surface area contributed by atoms with Crippen molar-refractivity contribution in [2.24, 2.45) is 10.9 Å². The summed E-state index contributed by atoms with van der Waals surface area (Å²) in [6.07, 6.45) is 1.80. The number of rotatable bonds is 5. The van der Waals surface area contributed by atoms with Crippen molar-refractivity contribution in [1.82, 2.24) is 4.90 Å². The molecule has 4 rings (SSSR count). The number of thioether (sulfide) groups is 1. The summed E-state index contributed by atoms with van der Waals surface area (Å²) in [5, 5.41) is 0.698. The van der Waals surface area contributed by atoms with Crippen molar-refractivity contribution in [1.29, 1.82) is 0 Å². The second-order valence-electron chi connectivity index (χ2n) is 7.84. The molecular weight excluding hydrogens is 472 g/mol. The van der Waals surface area contributed by atoms with Gasteiger partial charge in [-0.05, 0) is 66.6 Å². The number of aryl methyl sites for hydroxylation is 1. The highest BCUT2D eigenvalue weighted by molar-refractivity contribution is 9.10. The van der Waals surface area contributed by atoms with E-state index in [4.69, 9.17) is 9.41 Å². The summed E-state index contributed by atoms with van der Waals surface area (Å²) in [5.74, 6) is 1.69. The van der Waals surface area contributed by atoms with Gasteiger partial charge in [0, 0.05) is 22.7 Å². The molecule has 0 aliphatic carbocycles. The van der Waals surface area contributed by atoms with Crippen LogP contribution in [0.4, 0.5) is 5.69 Å². The zero-order valence-corrected chi connectivity index (χ0v) is 20.0. The van der Waals surface area contributed by atoms with Gasteiger partial charge in [0.15, 0.2) is 5.17 Å². The monoisotopic (exact) mass is 494 g/mol. The lowest BCUT2D eigenvalue weighted by molar-refractivity contribution is -0.122. The van der Waals surface area contributed by atoms with E-state index >= 15 is 0 Å². The third-order valence-electron chi connectivity index (χ3n) is 4.71. The van der Waals surface area contributed by atoms with Crippen LogP contribution in [0, 0.1) is 12.8 Å². The minimum Gasteiger partial charge on any atom is -0.457 e. The molecule has 0 atom stereocenters. The van der Waals surface area contributed by atoms with E-state index in [0.29, 0.717) is 28.3 Å². The van der Waals surface area contributed by atoms with Crippen LogP contribution in [-0.2, 0) is 4.79 Å². The second kappa shape index (κ2) is 9.28. The average Bonchev–Trinajstić information content (AvgIpc) is 3.29. The third-order valence-corrected chi connectivity index (χ3v) is 6.37. The van der Waals surface area contributed by atoms with Crippen molar-refractivity contribution in [3.8, 4) is 11.3 Å². The topological polar surface area (TPSA) is 45.8 Å². The predicted molar refractivity (Wildman–Crippen MR) is 132 cm³/mol. The Morgan fingerprint density at radius 2 is 1.90 bits per heavy atom. The molecule has 1 fully saturated rings. The van der Waals surface area contributed by atoms with Crippen LogP contribution >= 0.6 is 27.7 Å². The molecule has 31 heavy (non-hydrogen) atoms. The van der Waals surface area contributed by atoms with Gasteiger partial charge in [-0.15, -0.1) is 0 Å². The van der Waals surface area contributed by atoms with Crippen LogP contribution in [0.5, 0.6) is 0 Å². The van der Waals surface area contributed by atoms with Crippen molar-refractivity contribution < 1.29 is 9.21 Å². The number of carbonyl (C=O) groups is 1. The number of hydrogen-bond acceptors (Lipinski definition) is 4. The van der Waals surface area contributed by atoms with Crippen LogP contribution in [0.15, 0.2) is 79.5 Å². The van der Waals surface area contributed by atoms with Gasteiger partial charge in [-0.2, -0.15) is 0 Å². The first-order valence-electron chi connectivity index (χ1n) is 10.1. The van der Waals surface area contributed by atoms with Gasteiger partial charge in [0.1, 0.15) is 11.5 Å². The summed E-state index contributed by atoms with van der Waals surface area (Å²) in [5.41, 5.74) is 2.98. The molecule has 0 spiro atoms. The summed E-state index contributed by atoms with van der Waals surface area (Å²) in [6, 6.07) is 19.7. The maximum atomic E-state index is 13.1. The molecule has 2 aromatic carbocycles. The Morgan fingerprint density at radius 3 is 2.61 bits per heavy atom. The fraction of sp³-hybridized carbons (Fsp3) is 0.200. The van der Waals surface area contributed by atoms with Crippen LogP contribution in [0.3, 0.4) is 0 Å². The highest BCUT2D eigenvalue weighted by Gasteiger charge is 2.34. The van der Waals surface area contributed by atoms with Gasteiger partial charge < -0.3 is 4.42 Å². The first-order chi connectivity index (χ1) is 14.9. The Hall–Kier alpha value is -2.57. The molecule has 3 aromatic rings. The molecule has 0 bridgehead atoms. The van der Waals surface area contributed by atoms with E-state index in [1.165, 1.54) is 17.3 Å². The number of halogens is 1. The molecule has 1 aromatic heterocycles. The molecule has 1 aliphatic rings. The first-order valence-corrected chi connectivity index (χ1v) is 11.7. The summed E-state index contributed by atoms with van der Waals surface area (Å²) >= 11 is 4.99. The largest absolute Gasteiger partial charge is 0.457 e. The minimum absolute atomic E-state index is 0.0390. The average molecular weight is 495 g/mol. The number of benzene rings is 2. The van der Waals surface area contributed by atoms with Crippen LogP contribution in [0.25, 0.3) is 17.4 Å². The van der Waals surface area contributed by atoms with E-state index in [2.05, 4.69) is 35.8 Å². The molecule has 1 aliphatic heterocycles. The lowest BCUT2D eigenvalue weighted by Gasteiger charge is -2.17. The minimum atomic E-state index is -0.0390. The van der Waals surface area contributed by atoms with E-state index in [0.717, 1.165) is 21.5 Å². The van der Waals surface area contributed by atoms with Crippen LogP contribution in [0.1, 0.15) is 25.2 Å². The summed E-state index contributed by atoms with van der Waals surface area (Å²) < 4.78 is 7.02. The van der Waals surface area contributed by atoms with Gasteiger partial charge in [-0.25, -0.2) is 4.99 Å². The number of aliphatic imine (C=N–C) groups is 1. The van der Waals surface area contributed by atoms with Gasteiger partial charge in [-0.1, -0.05) is 54.0 Å². The number of para-hydroxylation sites is 1. The van der Waals surface area contributed by atoms with E-state index in [-0.39, 0.29) is 5.91 Å². The number of nitrogens with zero attached hydrogens (tertiary/aromatic N) is 2. The number of carbonyl (C=O) groups excluding carboxylic acids is 1. The maximum Gasteiger partial charge on any atom is 0.266 e. The molecule has 1 saturated heterocycles. The molecule has 4 nitrogen and oxygen atoms in total. The molecule has 158 valence electrons. The summed E-state index contributed by atoms with van der Waals surface area (Å²) in [6.45, 7) is 6.86. The van der Waals surface area contributed by atoms with Gasteiger partial charge in [0.25, 0.3) is 5.91 Å². The van der Waals surface area contributed by atoms with Crippen molar-refractivity contribution in [2.75, 3.05) is 6.54 Å². The smallest absolute Gasteiger partial charge is 0.266 e. The van der Waals surface area contributed by atoms with E-state index in [9.17, 15) is 4.79 Å². The Labute approximate surface area is 195 Å². The standard InChI is InChI=1S/C25H23BrN2O2S/c1-16(2)15-28-24(29)23(31-25(28)27-18-7-5-4-6-8-18)14-19-10-12-22(30-19)20-11-9-17(3)13-21(20)26/h4-14,16H,15H2,1-3H3/b23-14+,27-25?. The molecule has 0 radical (unpaired) electrons. The lowest BCUT2D eigenvalue weighted by atomic mass is 10.1. The zero-order chi connectivity index (χ0) is 22.0. The zero-order valence-electron chi connectivity index (χ0n) is 17.6. The third kappa shape index (κ3) is 5.02. The Bertz CT molecular complexity index is 1170. The van der Waals surface area contributed by atoms with Crippen molar-refractivity contribution >= 4 is 50.5 Å². The molecule has 2 heterocycles. The van der Waals surface area contributed by atoms with E-state index in [1.54, 1.807) is 11.0 Å². The Morgan fingerprint density at radius 1 is 1.13 bits per heavy atom. The highest BCUT2D eigenvalue weighted by atomic mass is 79.9. The fourth-order valence-electron chi connectivity index (χ4n) is 3.25. The predicted octanol–water partition coefficient (Wildman–Crippen LogP) is 7.28. The number of amidine groups is 1. The summed E-state index contributed by atoms with van der Waals surface area (Å²) in [4.78, 5) is 20.2. The van der Waals surface area contributed by atoms with Gasteiger partial charge in [0.2, 0.25) is 0 Å². The van der Waals surface area contributed by atoms with Crippen molar-refractivity contribution in [2.45, 2.75) is 20.8 Å². The van der Waals surface area contributed by atoms with E-state index in [1.807, 2.05) is 61.5 Å². The van der Waals surface area contributed by atoms with Crippen LogP contribution in [0.2, 0.25) is 0 Å². The molecule has 0 unspecified atom stereocenters. The van der Waals surface area contributed by atoms with Crippen molar-refractivity contribution in [3.63, 3.8) is 0 Å². The Kier molecular flexibility index (Phi) is 6.49. The molecule has 1 amide bonds. The normalized spacial score (nSPS) is 16.8. The molecule has 0 saturated carbocycles. The van der Waals surface area contributed by atoms with E-state index < -0.39 is 0 Å². The lowest BCUT2D eigenvalue weighted by Crippen LogP contribution is -2.32. The van der Waals surface area contributed by atoms with Crippen LogP contribution in [-0.4, -0.2) is 22.5 Å². The van der Waals surface area contributed by atoms with Crippen molar-refractivity contribution in [3.05, 3.63) is 81.4 Å². The second-order valence-corrected chi connectivity index (χ2v) is 9.70.